The van der Waals surface area contributed by atoms with E-state index in [-0.39, 0.29) is 16.3 Å². The third kappa shape index (κ3) is 5.36. The van der Waals surface area contributed by atoms with Gasteiger partial charge in [0.25, 0.3) is 0 Å². The minimum Gasteiger partial charge on any atom is -0.271 e. The molecule has 0 atom stereocenters. The lowest BCUT2D eigenvalue weighted by atomic mass is 10.2. The second-order valence-corrected chi connectivity index (χ2v) is 11.2. The predicted octanol–water partition coefficient (Wildman–Crippen LogP) is 3.97. The highest BCUT2D eigenvalue weighted by atomic mass is 32.2. The molecular formula is C23H25NO4S2. The summed E-state index contributed by atoms with van der Waals surface area (Å²) in [5.74, 6) is -0.782. The summed E-state index contributed by atoms with van der Waals surface area (Å²) in [5.41, 5.74) is 2.12. The van der Waals surface area contributed by atoms with Gasteiger partial charge in [-0.1, -0.05) is 66.7 Å². The van der Waals surface area contributed by atoms with Crippen LogP contribution in [0.15, 0.2) is 88.7 Å². The van der Waals surface area contributed by atoms with Crippen molar-refractivity contribution in [1.82, 2.24) is 4.90 Å². The summed E-state index contributed by atoms with van der Waals surface area (Å²) < 4.78 is 52.4. The second-order valence-electron chi connectivity index (χ2n) is 7.33. The molecule has 0 saturated heterocycles. The van der Waals surface area contributed by atoms with E-state index in [1.54, 1.807) is 62.4 Å². The summed E-state index contributed by atoms with van der Waals surface area (Å²) in [6.07, 6.45) is 0. The molecule has 3 rings (SSSR count). The quantitative estimate of drug-likeness (QED) is 0.527. The average Bonchev–Trinajstić information content (AvgIpc) is 2.68. The molecule has 3 aromatic carbocycles. The van der Waals surface area contributed by atoms with Crippen molar-refractivity contribution >= 4 is 19.7 Å². The lowest BCUT2D eigenvalue weighted by Crippen LogP contribution is -2.34. The van der Waals surface area contributed by atoms with Crippen LogP contribution in [0.2, 0.25) is 0 Å². The molecule has 0 N–H and O–H groups in total. The van der Waals surface area contributed by atoms with Crippen molar-refractivity contribution in [3.05, 3.63) is 95.6 Å². The van der Waals surface area contributed by atoms with Crippen molar-refractivity contribution in [1.29, 1.82) is 0 Å². The smallest absolute Gasteiger partial charge is 0.191 e. The van der Waals surface area contributed by atoms with Crippen LogP contribution in [0, 0.1) is 13.8 Å². The first-order chi connectivity index (χ1) is 14.2. The van der Waals surface area contributed by atoms with Crippen LogP contribution in [0.5, 0.6) is 0 Å². The van der Waals surface area contributed by atoms with Gasteiger partial charge >= 0.3 is 0 Å². The van der Waals surface area contributed by atoms with Gasteiger partial charge in [0.1, 0.15) is 11.8 Å². The van der Waals surface area contributed by atoms with Gasteiger partial charge in [0.15, 0.2) is 19.7 Å². The van der Waals surface area contributed by atoms with Crippen LogP contribution in [0.4, 0.5) is 0 Å². The Hall–Kier alpha value is -2.48. The van der Waals surface area contributed by atoms with Gasteiger partial charge in [-0.3, -0.25) is 4.90 Å². The van der Waals surface area contributed by atoms with E-state index >= 15 is 0 Å². The minimum atomic E-state index is -3.71. The van der Waals surface area contributed by atoms with Gasteiger partial charge in [-0.15, -0.1) is 0 Å². The van der Waals surface area contributed by atoms with E-state index in [1.807, 2.05) is 30.3 Å². The van der Waals surface area contributed by atoms with Crippen LogP contribution in [0.25, 0.3) is 0 Å². The number of nitrogens with zero attached hydrogens (tertiary/aromatic N) is 1. The molecule has 0 radical (unpaired) electrons. The second kappa shape index (κ2) is 9.12. The fourth-order valence-electron chi connectivity index (χ4n) is 3.40. The first-order valence-electron chi connectivity index (χ1n) is 9.52. The fourth-order valence-corrected chi connectivity index (χ4v) is 6.81. The Labute approximate surface area is 178 Å². The molecule has 0 aromatic heterocycles. The molecular weight excluding hydrogens is 418 g/mol. The summed E-state index contributed by atoms with van der Waals surface area (Å²) in [7, 11) is -7.43. The third-order valence-electron chi connectivity index (χ3n) is 4.81. The number of aryl methyl sites for hydroxylation is 2. The van der Waals surface area contributed by atoms with Crippen molar-refractivity contribution in [2.24, 2.45) is 0 Å². The molecule has 0 aliphatic rings. The molecule has 0 spiro atoms. The maximum Gasteiger partial charge on any atom is 0.191 e. The first-order valence-corrected chi connectivity index (χ1v) is 12.8. The molecule has 7 heteroatoms. The first kappa shape index (κ1) is 22.2. The lowest BCUT2D eigenvalue weighted by molar-refractivity contribution is 0.349. The Morgan fingerprint density at radius 2 is 1.00 bits per heavy atom. The predicted molar refractivity (Wildman–Crippen MR) is 118 cm³/mol. The maximum atomic E-state index is 13.1. The van der Waals surface area contributed by atoms with E-state index in [2.05, 4.69) is 0 Å². The van der Waals surface area contributed by atoms with Crippen molar-refractivity contribution in [2.45, 2.75) is 30.2 Å². The van der Waals surface area contributed by atoms with Crippen LogP contribution in [0.1, 0.15) is 16.7 Å². The van der Waals surface area contributed by atoms with Crippen molar-refractivity contribution in [2.75, 3.05) is 11.8 Å². The van der Waals surface area contributed by atoms with E-state index < -0.39 is 31.4 Å². The van der Waals surface area contributed by atoms with Crippen LogP contribution in [-0.2, 0) is 26.2 Å². The topological polar surface area (TPSA) is 71.5 Å². The SMILES string of the molecule is Cc1ccccc1S(=O)(=O)CN(Cc1ccccc1)CS(=O)(=O)c1ccccc1C. The monoisotopic (exact) mass is 443 g/mol. The Bertz CT molecular complexity index is 1140. The molecule has 3 aromatic rings. The molecule has 0 aliphatic carbocycles. The summed E-state index contributed by atoms with van der Waals surface area (Å²) in [5, 5.41) is 0. The van der Waals surface area contributed by atoms with Crippen LogP contribution in [-0.4, -0.2) is 33.5 Å². The van der Waals surface area contributed by atoms with Gasteiger partial charge in [-0.05, 0) is 42.7 Å². The van der Waals surface area contributed by atoms with E-state index in [0.717, 1.165) is 5.56 Å². The normalized spacial score (nSPS) is 12.2. The van der Waals surface area contributed by atoms with Gasteiger partial charge in [0.2, 0.25) is 0 Å². The molecule has 0 saturated carbocycles. The van der Waals surface area contributed by atoms with E-state index in [0.29, 0.717) is 11.1 Å². The standard InChI is InChI=1S/C23H25NO4S2/c1-19-10-6-8-14-22(19)29(25,26)17-24(16-21-12-4-3-5-13-21)18-30(27,28)23-15-9-7-11-20(23)2/h3-15H,16-18H2,1-2H3. The number of hydrogen-bond donors (Lipinski definition) is 0. The average molecular weight is 444 g/mol. The molecule has 0 aliphatic heterocycles. The fraction of sp³-hybridized carbons (Fsp3) is 0.217. The summed E-state index contributed by atoms with van der Waals surface area (Å²) in [4.78, 5) is 1.91. The lowest BCUT2D eigenvalue weighted by Gasteiger charge is -2.23. The summed E-state index contributed by atoms with van der Waals surface area (Å²) in [6.45, 7) is 3.67. The molecule has 0 unspecified atom stereocenters. The molecule has 5 nitrogen and oxygen atoms in total. The van der Waals surface area contributed by atoms with Gasteiger partial charge < -0.3 is 0 Å². The van der Waals surface area contributed by atoms with E-state index in [9.17, 15) is 16.8 Å². The highest BCUT2D eigenvalue weighted by molar-refractivity contribution is 7.92. The maximum absolute atomic E-state index is 13.1. The Morgan fingerprint density at radius 1 is 0.600 bits per heavy atom. The Kier molecular flexibility index (Phi) is 6.75. The molecule has 158 valence electrons. The Morgan fingerprint density at radius 3 is 1.43 bits per heavy atom. The molecule has 30 heavy (non-hydrogen) atoms. The van der Waals surface area contributed by atoms with E-state index in [4.69, 9.17) is 0 Å². The molecule has 0 heterocycles. The van der Waals surface area contributed by atoms with Gasteiger partial charge in [-0.2, -0.15) is 0 Å². The number of rotatable bonds is 8. The number of benzene rings is 3. The zero-order valence-corrected chi connectivity index (χ0v) is 18.7. The molecule has 0 amide bonds. The zero-order valence-electron chi connectivity index (χ0n) is 17.0. The van der Waals surface area contributed by atoms with Crippen molar-refractivity contribution in [3.63, 3.8) is 0 Å². The molecule has 0 fully saturated rings. The third-order valence-corrected chi connectivity index (χ3v) is 8.48. The van der Waals surface area contributed by atoms with Crippen molar-refractivity contribution in [3.8, 4) is 0 Å². The van der Waals surface area contributed by atoms with Crippen LogP contribution < -0.4 is 0 Å². The summed E-state index contributed by atoms with van der Waals surface area (Å²) >= 11 is 0. The number of hydrogen-bond acceptors (Lipinski definition) is 5. The van der Waals surface area contributed by atoms with Gasteiger partial charge in [-0.25, -0.2) is 16.8 Å². The van der Waals surface area contributed by atoms with E-state index in [1.165, 1.54) is 4.90 Å². The highest BCUT2D eigenvalue weighted by Gasteiger charge is 2.26. The van der Waals surface area contributed by atoms with Gasteiger partial charge in [0, 0.05) is 6.54 Å². The largest absolute Gasteiger partial charge is 0.271 e. The van der Waals surface area contributed by atoms with Gasteiger partial charge in [0.05, 0.1) is 9.79 Å². The summed E-state index contributed by atoms with van der Waals surface area (Å²) in [6, 6.07) is 22.7. The van der Waals surface area contributed by atoms with Crippen LogP contribution in [0.3, 0.4) is 0 Å². The minimum absolute atomic E-state index is 0.205. The highest BCUT2D eigenvalue weighted by Crippen LogP contribution is 2.21. The number of sulfone groups is 2. The molecule has 0 bridgehead atoms. The zero-order chi connectivity index (χ0) is 21.8. The van der Waals surface area contributed by atoms with Crippen molar-refractivity contribution < 1.29 is 16.8 Å². The Balaban J connectivity index is 1.95. The van der Waals surface area contributed by atoms with Crippen LogP contribution >= 0.6 is 0 Å².